The summed E-state index contributed by atoms with van der Waals surface area (Å²) in [5.74, 6) is -3.94. The number of halogens is 4. The summed E-state index contributed by atoms with van der Waals surface area (Å²) >= 11 is 5.78. The van der Waals surface area contributed by atoms with Gasteiger partial charge in [0, 0.05) is 36.3 Å². The van der Waals surface area contributed by atoms with Crippen LogP contribution in [0.5, 0.6) is 11.5 Å². The monoisotopic (exact) mass is 471 g/mol. The number of pyridine rings is 2. The Morgan fingerprint density at radius 3 is 2.45 bits per heavy atom. The minimum atomic E-state index is -1.03. The number of benzene rings is 2. The van der Waals surface area contributed by atoms with Crippen molar-refractivity contribution in [2.75, 3.05) is 4.90 Å². The van der Waals surface area contributed by atoms with Crippen LogP contribution in [0.15, 0.2) is 77.9 Å². The number of aromatic nitrogens is 2. The fourth-order valence-corrected chi connectivity index (χ4v) is 3.17. The Balaban J connectivity index is 1.81. The molecule has 4 rings (SSSR count). The van der Waals surface area contributed by atoms with E-state index in [1.807, 2.05) is 0 Å². The van der Waals surface area contributed by atoms with E-state index in [1.54, 1.807) is 0 Å². The average molecular weight is 472 g/mol. The van der Waals surface area contributed by atoms with Gasteiger partial charge in [-0.05, 0) is 42.5 Å². The second-order valence-electron chi connectivity index (χ2n) is 6.68. The van der Waals surface area contributed by atoms with Crippen molar-refractivity contribution in [3.8, 4) is 11.5 Å². The van der Waals surface area contributed by atoms with Crippen molar-refractivity contribution in [1.29, 1.82) is 0 Å². The third-order valence-corrected chi connectivity index (χ3v) is 4.71. The van der Waals surface area contributed by atoms with Crippen LogP contribution in [0, 0.1) is 17.5 Å². The van der Waals surface area contributed by atoms with Gasteiger partial charge in [0.1, 0.15) is 22.3 Å². The Bertz CT molecular complexity index is 1390. The van der Waals surface area contributed by atoms with Gasteiger partial charge >= 0.3 is 0 Å². The fourth-order valence-electron chi connectivity index (χ4n) is 3.01. The molecular formula is C23H13ClF3N3O3. The molecule has 0 spiro atoms. The lowest BCUT2D eigenvalue weighted by Crippen LogP contribution is -2.31. The molecule has 33 heavy (non-hydrogen) atoms. The highest BCUT2D eigenvalue weighted by molar-refractivity contribution is 6.29. The van der Waals surface area contributed by atoms with Crippen molar-refractivity contribution < 1.29 is 22.7 Å². The molecule has 0 aliphatic carbocycles. The Hall–Kier alpha value is -4.11. The van der Waals surface area contributed by atoms with Crippen LogP contribution in [-0.2, 0) is 0 Å². The summed E-state index contributed by atoms with van der Waals surface area (Å²) in [6, 6.07) is 11.3. The number of carbonyl (C=O) groups excluding carboxylic acids is 1. The maximum atomic E-state index is 15.2. The van der Waals surface area contributed by atoms with Crippen LogP contribution in [0.2, 0.25) is 5.15 Å². The maximum absolute atomic E-state index is 15.2. The van der Waals surface area contributed by atoms with E-state index in [9.17, 15) is 18.4 Å². The Morgan fingerprint density at radius 1 is 1.00 bits per heavy atom. The average Bonchev–Trinajstić information content (AvgIpc) is 2.78. The van der Waals surface area contributed by atoms with Gasteiger partial charge in [-0.1, -0.05) is 11.6 Å². The van der Waals surface area contributed by atoms with E-state index in [4.69, 9.17) is 16.3 Å². The third-order valence-electron chi connectivity index (χ3n) is 4.50. The summed E-state index contributed by atoms with van der Waals surface area (Å²) in [5.41, 5.74) is -1.55. The molecule has 1 amide bonds. The lowest BCUT2D eigenvalue weighted by molar-refractivity contribution is 0.0997. The van der Waals surface area contributed by atoms with Gasteiger partial charge in [-0.2, -0.15) is 0 Å². The highest BCUT2D eigenvalue weighted by Crippen LogP contribution is 2.35. The summed E-state index contributed by atoms with van der Waals surface area (Å²) in [4.78, 5) is 32.2. The number of nitrogens with one attached hydrogen (secondary N) is 1. The maximum Gasteiger partial charge on any atom is 0.268 e. The van der Waals surface area contributed by atoms with E-state index in [0.717, 1.165) is 29.2 Å². The second kappa shape index (κ2) is 9.17. The number of ether oxygens (including phenoxy) is 1. The highest BCUT2D eigenvalue weighted by Gasteiger charge is 2.26. The quantitative estimate of drug-likeness (QED) is 0.384. The van der Waals surface area contributed by atoms with Crippen molar-refractivity contribution >= 4 is 28.9 Å². The van der Waals surface area contributed by atoms with Gasteiger partial charge in [-0.3, -0.25) is 14.5 Å². The molecule has 1 N–H and O–H groups in total. The molecule has 0 saturated heterocycles. The first kappa shape index (κ1) is 22.1. The molecular weight excluding hydrogens is 459 g/mol. The largest absolute Gasteiger partial charge is 0.454 e. The molecule has 0 aliphatic rings. The van der Waals surface area contributed by atoms with Crippen LogP contribution in [0.3, 0.4) is 0 Å². The Labute approximate surface area is 189 Å². The van der Waals surface area contributed by atoms with Crippen LogP contribution in [-0.4, -0.2) is 15.9 Å². The van der Waals surface area contributed by atoms with E-state index in [-0.39, 0.29) is 22.2 Å². The van der Waals surface area contributed by atoms with Crippen LogP contribution in [0.1, 0.15) is 10.4 Å². The van der Waals surface area contributed by atoms with E-state index in [0.29, 0.717) is 0 Å². The standard InChI is InChI=1S/C23H13ClF3N3O3/c24-21-10-15(7-9-28-21)33-20-12-17(26)19(11-18(20)27)30(14-5-3-13(25)4-6-14)23(32)16-2-1-8-29-22(16)31/h1-12H,(H,29,31). The van der Waals surface area contributed by atoms with Crippen LogP contribution >= 0.6 is 11.6 Å². The molecule has 0 radical (unpaired) electrons. The SMILES string of the molecule is O=C(c1ccc[nH]c1=O)N(c1ccc(F)cc1)c1cc(F)c(Oc2ccnc(Cl)c2)cc1F. The molecule has 0 saturated carbocycles. The summed E-state index contributed by atoms with van der Waals surface area (Å²) < 4.78 is 48.9. The first-order chi connectivity index (χ1) is 15.8. The number of hydrogen-bond donors (Lipinski definition) is 1. The Morgan fingerprint density at radius 2 is 1.76 bits per heavy atom. The molecule has 2 aromatic carbocycles. The van der Waals surface area contributed by atoms with Gasteiger partial charge in [0.05, 0.1) is 5.69 Å². The van der Waals surface area contributed by atoms with E-state index in [1.165, 1.54) is 48.8 Å². The van der Waals surface area contributed by atoms with Crippen molar-refractivity contribution in [3.05, 3.63) is 112 Å². The molecule has 0 bridgehead atoms. The highest BCUT2D eigenvalue weighted by atomic mass is 35.5. The topological polar surface area (TPSA) is 75.3 Å². The molecule has 0 aliphatic heterocycles. The first-order valence-electron chi connectivity index (χ1n) is 9.39. The molecule has 0 fully saturated rings. The zero-order chi connectivity index (χ0) is 23.5. The smallest absolute Gasteiger partial charge is 0.268 e. The predicted octanol–water partition coefficient (Wildman–Crippen LogP) is 5.61. The van der Waals surface area contributed by atoms with Crippen molar-refractivity contribution in [1.82, 2.24) is 9.97 Å². The third kappa shape index (κ3) is 4.73. The number of carbonyl (C=O) groups is 1. The number of anilines is 2. The van der Waals surface area contributed by atoms with Crippen molar-refractivity contribution in [2.24, 2.45) is 0 Å². The second-order valence-corrected chi connectivity index (χ2v) is 7.07. The number of hydrogen-bond acceptors (Lipinski definition) is 4. The van der Waals surface area contributed by atoms with E-state index in [2.05, 4.69) is 9.97 Å². The van der Waals surface area contributed by atoms with Gasteiger partial charge in [0.15, 0.2) is 17.4 Å². The van der Waals surface area contributed by atoms with E-state index < -0.39 is 40.4 Å². The molecule has 0 atom stereocenters. The minimum absolute atomic E-state index is 0.0116. The molecule has 0 unspecified atom stereocenters. The number of aromatic amines is 1. The molecule has 2 aromatic heterocycles. The van der Waals surface area contributed by atoms with Gasteiger partial charge < -0.3 is 9.72 Å². The number of rotatable bonds is 5. The predicted molar refractivity (Wildman–Crippen MR) is 116 cm³/mol. The minimum Gasteiger partial charge on any atom is -0.454 e. The number of amides is 1. The zero-order valence-electron chi connectivity index (χ0n) is 16.6. The van der Waals surface area contributed by atoms with Gasteiger partial charge in [0.2, 0.25) is 0 Å². The van der Waals surface area contributed by atoms with Crippen molar-refractivity contribution in [3.63, 3.8) is 0 Å². The lowest BCUT2D eigenvalue weighted by Gasteiger charge is -2.24. The van der Waals surface area contributed by atoms with Crippen LogP contribution in [0.25, 0.3) is 0 Å². The van der Waals surface area contributed by atoms with Crippen LogP contribution in [0.4, 0.5) is 24.5 Å². The fraction of sp³-hybridized carbons (Fsp3) is 0. The summed E-state index contributed by atoms with van der Waals surface area (Å²) in [7, 11) is 0. The normalized spacial score (nSPS) is 10.7. The molecule has 10 heteroatoms. The summed E-state index contributed by atoms with van der Waals surface area (Å²) in [6.45, 7) is 0. The molecule has 6 nitrogen and oxygen atoms in total. The van der Waals surface area contributed by atoms with Gasteiger partial charge in [-0.25, -0.2) is 18.2 Å². The first-order valence-corrected chi connectivity index (χ1v) is 9.77. The van der Waals surface area contributed by atoms with Crippen molar-refractivity contribution in [2.45, 2.75) is 0 Å². The summed E-state index contributed by atoms with van der Waals surface area (Å²) in [5, 5.41) is 0.0890. The molecule has 2 heterocycles. The molecule has 166 valence electrons. The summed E-state index contributed by atoms with van der Waals surface area (Å²) in [6.07, 6.45) is 2.64. The van der Waals surface area contributed by atoms with E-state index >= 15 is 4.39 Å². The number of nitrogens with zero attached hydrogens (tertiary/aromatic N) is 2. The number of H-pyrrole nitrogens is 1. The lowest BCUT2D eigenvalue weighted by atomic mass is 10.1. The van der Waals surface area contributed by atoms with Crippen LogP contribution < -0.4 is 15.2 Å². The molecule has 4 aromatic rings. The Kier molecular flexibility index (Phi) is 6.14. The van der Waals surface area contributed by atoms with Gasteiger partial charge in [0.25, 0.3) is 11.5 Å². The van der Waals surface area contributed by atoms with Gasteiger partial charge in [-0.15, -0.1) is 0 Å². The zero-order valence-corrected chi connectivity index (χ0v) is 17.3.